The van der Waals surface area contributed by atoms with Gasteiger partial charge in [0.25, 0.3) is 5.56 Å². The highest BCUT2D eigenvalue weighted by molar-refractivity contribution is 6.30. The summed E-state index contributed by atoms with van der Waals surface area (Å²) in [6.45, 7) is 0.517. The first-order chi connectivity index (χ1) is 10.7. The molecular formula is C16H13ClN4O. The van der Waals surface area contributed by atoms with Gasteiger partial charge in [0.1, 0.15) is 0 Å². The molecule has 6 heteroatoms. The number of hydrogen-bond donors (Lipinski definition) is 2. The Hall–Kier alpha value is -2.66. The Morgan fingerprint density at radius 1 is 1.14 bits per heavy atom. The van der Waals surface area contributed by atoms with Crippen LogP contribution in [0.1, 0.15) is 5.56 Å². The molecular weight excluding hydrogens is 300 g/mol. The normalized spacial score (nSPS) is 10.4. The highest BCUT2D eigenvalue weighted by Gasteiger charge is 2.04. The Labute approximate surface area is 132 Å². The SMILES string of the molecule is O=c1cc(-c2ccncc2)nc(NCc2cccc(Cl)c2)[nH]1. The third-order valence-corrected chi connectivity index (χ3v) is 3.30. The summed E-state index contributed by atoms with van der Waals surface area (Å²) in [5.74, 6) is 0.416. The number of aromatic amines is 1. The van der Waals surface area contributed by atoms with E-state index in [-0.39, 0.29) is 5.56 Å². The van der Waals surface area contributed by atoms with Crippen LogP contribution in [0.3, 0.4) is 0 Å². The second-order valence-corrected chi connectivity index (χ2v) is 5.14. The lowest BCUT2D eigenvalue weighted by atomic mass is 10.2. The van der Waals surface area contributed by atoms with Gasteiger partial charge in [0.2, 0.25) is 5.95 Å². The van der Waals surface area contributed by atoms with Crippen molar-refractivity contribution in [1.29, 1.82) is 0 Å². The van der Waals surface area contributed by atoms with Crippen LogP contribution in [0, 0.1) is 0 Å². The molecule has 1 aromatic carbocycles. The average Bonchev–Trinajstić information content (AvgIpc) is 2.53. The summed E-state index contributed by atoms with van der Waals surface area (Å²) in [7, 11) is 0. The third-order valence-electron chi connectivity index (χ3n) is 3.07. The fraction of sp³-hybridized carbons (Fsp3) is 0.0625. The number of nitrogens with zero attached hydrogens (tertiary/aromatic N) is 2. The van der Waals surface area contributed by atoms with E-state index in [1.807, 2.05) is 36.4 Å². The summed E-state index contributed by atoms with van der Waals surface area (Å²) < 4.78 is 0. The Morgan fingerprint density at radius 3 is 2.73 bits per heavy atom. The van der Waals surface area contributed by atoms with Gasteiger partial charge in [-0.2, -0.15) is 0 Å². The minimum Gasteiger partial charge on any atom is -0.352 e. The van der Waals surface area contributed by atoms with Crippen molar-refractivity contribution >= 4 is 17.5 Å². The Kier molecular flexibility index (Phi) is 4.16. The molecule has 0 fully saturated rings. The van der Waals surface area contributed by atoms with E-state index in [2.05, 4.69) is 20.3 Å². The van der Waals surface area contributed by atoms with Gasteiger partial charge in [0.05, 0.1) is 5.69 Å². The molecule has 2 N–H and O–H groups in total. The maximum absolute atomic E-state index is 11.8. The molecule has 3 rings (SSSR count). The van der Waals surface area contributed by atoms with Gasteiger partial charge < -0.3 is 5.32 Å². The largest absolute Gasteiger partial charge is 0.352 e. The lowest BCUT2D eigenvalue weighted by Crippen LogP contribution is -2.12. The van der Waals surface area contributed by atoms with Gasteiger partial charge in [-0.1, -0.05) is 23.7 Å². The van der Waals surface area contributed by atoms with E-state index in [1.165, 1.54) is 6.07 Å². The number of aromatic nitrogens is 3. The van der Waals surface area contributed by atoms with Crippen LogP contribution in [0.25, 0.3) is 11.3 Å². The first-order valence-corrected chi connectivity index (χ1v) is 7.08. The van der Waals surface area contributed by atoms with E-state index in [0.29, 0.717) is 23.2 Å². The maximum atomic E-state index is 11.8. The van der Waals surface area contributed by atoms with E-state index in [9.17, 15) is 4.79 Å². The van der Waals surface area contributed by atoms with E-state index < -0.39 is 0 Å². The van der Waals surface area contributed by atoms with Crippen LogP contribution >= 0.6 is 11.6 Å². The second-order valence-electron chi connectivity index (χ2n) is 4.70. The van der Waals surface area contributed by atoms with E-state index in [4.69, 9.17) is 11.6 Å². The number of hydrogen-bond acceptors (Lipinski definition) is 4. The monoisotopic (exact) mass is 312 g/mol. The summed E-state index contributed by atoms with van der Waals surface area (Å²) in [5.41, 5.74) is 2.23. The highest BCUT2D eigenvalue weighted by atomic mass is 35.5. The zero-order valence-corrected chi connectivity index (χ0v) is 12.3. The topological polar surface area (TPSA) is 70.7 Å². The summed E-state index contributed by atoms with van der Waals surface area (Å²) in [6, 6.07) is 12.6. The molecule has 0 spiro atoms. The average molecular weight is 313 g/mol. The zero-order valence-electron chi connectivity index (χ0n) is 11.6. The molecule has 0 radical (unpaired) electrons. The van der Waals surface area contributed by atoms with Crippen LogP contribution < -0.4 is 10.9 Å². The van der Waals surface area contributed by atoms with Gasteiger partial charge in [-0.05, 0) is 29.8 Å². The molecule has 0 atom stereocenters. The number of halogens is 1. The lowest BCUT2D eigenvalue weighted by Gasteiger charge is -2.07. The lowest BCUT2D eigenvalue weighted by molar-refractivity contribution is 1.04. The minimum atomic E-state index is -0.213. The number of rotatable bonds is 4. The molecule has 0 aliphatic carbocycles. The molecule has 0 saturated heterocycles. The standard InChI is InChI=1S/C16H13ClN4O/c17-13-3-1-2-11(8-13)10-19-16-20-14(9-15(22)21-16)12-4-6-18-7-5-12/h1-9H,10H2,(H2,19,20,21,22). The quantitative estimate of drug-likeness (QED) is 0.776. The first-order valence-electron chi connectivity index (χ1n) is 6.71. The third kappa shape index (κ3) is 3.51. The van der Waals surface area contributed by atoms with E-state index in [1.54, 1.807) is 12.4 Å². The van der Waals surface area contributed by atoms with Crippen molar-refractivity contribution in [3.8, 4) is 11.3 Å². The number of nitrogens with one attached hydrogen (secondary N) is 2. The molecule has 110 valence electrons. The van der Waals surface area contributed by atoms with Gasteiger partial charge in [0, 0.05) is 35.6 Å². The predicted octanol–water partition coefficient (Wildman–Crippen LogP) is 3.10. The summed E-state index contributed by atoms with van der Waals surface area (Å²) in [5, 5.41) is 3.77. The molecule has 2 aromatic heterocycles. The van der Waals surface area contributed by atoms with Crippen LogP contribution in [0.2, 0.25) is 5.02 Å². The van der Waals surface area contributed by atoms with Crippen LogP contribution in [-0.2, 0) is 6.54 Å². The number of pyridine rings is 1. The summed E-state index contributed by atoms with van der Waals surface area (Å²) >= 11 is 5.95. The van der Waals surface area contributed by atoms with Gasteiger partial charge >= 0.3 is 0 Å². The van der Waals surface area contributed by atoms with Gasteiger partial charge in [-0.25, -0.2) is 4.98 Å². The smallest absolute Gasteiger partial charge is 0.252 e. The molecule has 0 unspecified atom stereocenters. The van der Waals surface area contributed by atoms with Crippen molar-refractivity contribution in [3.63, 3.8) is 0 Å². The molecule has 5 nitrogen and oxygen atoms in total. The fourth-order valence-electron chi connectivity index (χ4n) is 2.04. The molecule has 0 bridgehead atoms. The van der Waals surface area contributed by atoms with Gasteiger partial charge in [0.15, 0.2) is 0 Å². The van der Waals surface area contributed by atoms with Gasteiger partial charge in [-0.15, -0.1) is 0 Å². The van der Waals surface area contributed by atoms with E-state index >= 15 is 0 Å². The number of H-pyrrole nitrogens is 1. The van der Waals surface area contributed by atoms with Crippen molar-refractivity contribution < 1.29 is 0 Å². The van der Waals surface area contributed by atoms with Crippen LogP contribution in [0.5, 0.6) is 0 Å². The Bertz CT molecular complexity index is 833. The van der Waals surface area contributed by atoms with Crippen molar-refractivity contribution in [3.05, 3.63) is 75.8 Å². The minimum absolute atomic E-state index is 0.213. The van der Waals surface area contributed by atoms with Crippen LogP contribution in [0.4, 0.5) is 5.95 Å². The van der Waals surface area contributed by atoms with Gasteiger partial charge in [-0.3, -0.25) is 14.8 Å². The Balaban J connectivity index is 1.83. The van der Waals surface area contributed by atoms with Crippen molar-refractivity contribution in [1.82, 2.24) is 15.0 Å². The zero-order chi connectivity index (χ0) is 15.4. The first kappa shape index (κ1) is 14.3. The number of anilines is 1. The molecule has 3 aromatic rings. The summed E-state index contributed by atoms with van der Waals surface area (Å²) in [4.78, 5) is 22.8. The Morgan fingerprint density at radius 2 is 1.95 bits per heavy atom. The maximum Gasteiger partial charge on any atom is 0.252 e. The van der Waals surface area contributed by atoms with Crippen LogP contribution in [-0.4, -0.2) is 15.0 Å². The predicted molar refractivity (Wildman–Crippen MR) is 86.9 cm³/mol. The molecule has 0 aliphatic rings. The summed E-state index contributed by atoms with van der Waals surface area (Å²) in [6.07, 6.45) is 3.33. The van der Waals surface area contributed by atoms with Crippen LogP contribution in [0.15, 0.2) is 59.7 Å². The van der Waals surface area contributed by atoms with Crippen molar-refractivity contribution in [2.75, 3.05) is 5.32 Å². The molecule has 0 aliphatic heterocycles. The highest BCUT2D eigenvalue weighted by Crippen LogP contribution is 2.15. The molecule has 0 amide bonds. The van der Waals surface area contributed by atoms with E-state index in [0.717, 1.165) is 11.1 Å². The fourth-order valence-corrected chi connectivity index (χ4v) is 2.26. The second kappa shape index (κ2) is 6.41. The van der Waals surface area contributed by atoms with Crippen molar-refractivity contribution in [2.45, 2.75) is 6.54 Å². The van der Waals surface area contributed by atoms with Crippen molar-refractivity contribution in [2.24, 2.45) is 0 Å². The molecule has 0 saturated carbocycles. The number of benzene rings is 1. The molecule has 2 heterocycles. The molecule has 22 heavy (non-hydrogen) atoms.